The number of carbonyl (C=O) groups is 2. The zero-order valence-corrected chi connectivity index (χ0v) is 14.6. The van der Waals surface area contributed by atoms with E-state index in [-0.39, 0.29) is 5.91 Å². The molecule has 0 atom stereocenters. The normalized spacial score (nSPS) is 16.0. The Bertz CT molecular complexity index is 851. The molecule has 1 saturated heterocycles. The standard InChI is InChI=1S/C18H19N5O4/c24-12-22-3-5-23(6-4-22)18(25)14-10-17(20-11-19-14)21-13-1-2-15-16(9-13)27-8-7-26-15/h1-2,9-12H,3-8H2,(H,19,20,21). The van der Waals surface area contributed by atoms with Crippen LogP contribution >= 0.6 is 0 Å². The zero-order valence-electron chi connectivity index (χ0n) is 14.6. The molecule has 1 aromatic carbocycles. The van der Waals surface area contributed by atoms with Crippen LogP contribution in [0.25, 0.3) is 0 Å². The van der Waals surface area contributed by atoms with E-state index >= 15 is 0 Å². The summed E-state index contributed by atoms with van der Waals surface area (Å²) in [6.07, 6.45) is 2.16. The van der Waals surface area contributed by atoms with Gasteiger partial charge in [0.05, 0.1) is 0 Å². The van der Waals surface area contributed by atoms with Crippen molar-refractivity contribution in [2.24, 2.45) is 0 Å². The number of fused-ring (bicyclic) bond motifs is 1. The number of benzene rings is 1. The second-order valence-corrected chi connectivity index (χ2v) is 6.21. The summed E-state index contributed by atoms with van der Waals surface area (Å²) in [5, 5.41) is 3.16. The van der Waals surface area contributed by atoms with Crippen molar-refractivity contribution in [3.63, 3.8) is 0 Å². The van der Waals surface area contributed by atoms with E-state index in [2.05, 4.69) is 15.3 Å². The third-order valence-corrected chi connectivity index (χ3v) is 4.45. The minimum atomic E-state index is -0.173. The number of anilines is 2. The second kappa shape index (κ2) is 7.48. The van der Waals surface area contributed by atoms with Crippen molar-refractivity contribution >= 4 is 23.8 Å². The number of aromatic nitrogens is 2. The molecular weight excluding hydrogens is 350 g/mol. The molecule has 9 nitrogen and oxygen atoms in total. The Kier molecular flexibility index (Phi) is 4.73. The van der Waals surface area contributed by atoms with Crippen LogP contribution in [0.3, 0.4) is 0 Å². The Hall–Kier alpha value is -3.36. The third-order valence-electron chi connectivity index (χ3n) is 4.45. The predicted molar refractivity (Wildman–Crippen MR) is 96.3 cm³/mol. The first-order chi connectivity index (χ1) is 13.2. The number of ether oxygens (including phenoxy) is 2. The highest BCUT2D eigenvalue weighted by atomic mass is 16.6. The molecule has 0 spiro atoms. The lowest BCUT2D eigenvalue weighted by molar-refractivity contribution is -0.119. The number of rotatable bonds is 4. The number of hydrogen-bond acceptors (Lipinski definition) is 7. The van der Waals surface area contributed by atoms with Gasteiger partial charge in [0.1, 0.15) is 31.1 Å². The van der Waals surface area contributed by atoms with Gasteiger partial charge in [-0.1, -0.05) is 0 Å². The van der Waals surface area contributed by atoms with Gasteiger partial charge in [-0.15, -0.1) is 0 Å². The predicted octanol–water partition coefficient (Wildman–Crippen LogP) is 0.906. The Balaban J connectivity index is 1.46. The van der Waals surface area contributed by atoms with Crippen molar-refractivity contribution in [2.75, 3.05) is 44.7 Å². The van der Waals surface area contributed by atoms with E-state index in [9.17, 15) is 9.59 Å². The van der Waals surface area contributed by atoms with Crippen LogP contribution < -0.4 is 14.8 Å². The molecule has 2 amide bonds. The lowest BCUT2D eigenvalue weighted by Gasteiger charge is -2.32. The molecule has 1 fully saturated rings. The van der Waals surface area contributed by atoms with Crippen molar-refractivity contribution in [2.45, 2.75) is 0 Å². The van der Waals surface area contributed by atoms with Crippen LogP contribution in [0.4, 0.5) is 11.5 Å². The van der Waals surface area contributed by atoms with Crippen LogP contribution in [0.5, 0.6) is 11.5 Å². The zero-order chi connectivity index (χ0) is 18.6. The first-order valence-electron chi connectivity index (χ1n) is 8.70. The fourth-order valence-electron chi connectivity index (χ4n) is 3.00. The molecule has 3 heterocycles. The molecule has 2 aromatic rings. The van der Waals surface area contributed by atoms with Gasteiger partial charge < -0.3 is 24.6 Å². The summed E-state index contributed by atoms with van der Waals surface area (Å²) in [5.74, 6) is 1.72. The van der Waals surface area contributed by atoms with E-state index < -0.39 is 0 Å². The molecule has 2 aliphatic rings. The summed E-state index contributed by atoms with van der Waals surface area (Å²) < 4.78 is 11.1. The first kappa shape index (κ1) is 17.1. The van der Waals surface area contributed by atoms with E-state index in [4.69, 9.17) is 9.47 Å². The Labute approximate surface area is 155 Å². The van der Waals surface area contributed by atoms with Crippen LogP contribution in [0.2, 0.25) is 0 Å². The lowest BCUT2D eigenvalue weighted by atomic mass is 10.2. The molecule has 0 saturated carbocycles. The molecule has 9 heteroatoms. The van der Waals surface area contributed by atoms with Gasteiger partial charge in [-0.2, -0.15) is 0 Å². The number of hydrogen-bond donors (Lipinski definition) is 1. The highest BCUT2D eigenvalue weighted by Crippen LogP contribution is 2.33. The maximum Gasteiger partial charge on any atom is 0.272 e. The van der Waals surface area contributed by atoms with Crippen molar-refractivity contribution < 1.29 is 19.1 Å². The van der Waals surface area contributed by atoms with Gasteiger partial charge in [-0.25, -0.2) is 9.97 Å². The molecule has 0 bridgehead atoms. The van der Waals surface area contributed by atoms with Crippen molar-refractivity contribution in [3.8, 4) is 11.5 Å². The maximum absolute atomic E-state index is 12.7. The van der Waals surface area contributed by atoms with Gasteiger partial charge in [0.25, 0.3) is 5.91 Å². The minimum absolute atomic E-state index is 0.173. The van der Waals surface area contributed by atoms with Crippen molar-refractivity contribution in [1.82, 2.24) is 19.8 Å². The monoisotopic (exact) mass is 369 g/mol. The molecule has 1 aromatic heterocycles. The van der Waals surface area contributed by atoms with Gasteiger partial charge in [-0.3, -0.25) is 9.59 Å². The maximum atomic E-state index is 12.7. The largest absolute Gasteiger partial charge is 0.486 e. The fraction of sp³-hybridized carbons (Fsp3) is 0.333. The van der Waals surface area contributed by atoms with Crippen LogP contribution in [-0.4, -0.2) is 71.5 Å². The molecule has 1 N–H and O–H groups in total. The summed E-state index contributed by atoms with van der Waals surface area (Å²) in [5.41, 5.74) is 1.08. The van der Waals surface area contributed by atoms with Gasteiger partial charge >= 0.3 is 0 Å². The highest BCUT2D eigenvalue weighted by molar-refractivity contribution is 5.93. The van der Waals surface area contributed by atoms with Crippen LogP contribution in [-0.2, 0) is 4.79 Å². The van der Waals surface area contributed by atoms with E-state index in [0.29, 0.717) is 62.4 Å². The number of carbonyl (C=O) groups excluding carboxylic acids is 2. The second-order valence-electron chi connectivity index (χ2n) is 6.21. The molecule has 2 aliphatic heterocycles. The van der Waals surface area contributed by atoms with E-state index in [0.717, 1.165) is 12.1 Å². The van der Waals surface area contributed by atoms with Gasteiger partial charge in [0, 0.05) is 44.0 Å². The number of nitrogens with zero attached hydrogens (tertiary/aromatic N) is 4. The fourth-order valence-corrected chi connectivity index (χ4v) is 3.00. The van der Waals surface area contributed by atoms with Gasteiger partial charge in [-0.05, 0) is 12.1 Å². The average Bonchev–Trinajstić information content (AvgIpc) is 2.73. The van der Waals surface area contributed by atoms with Crippen LogP contribution in [0.15, 0.2) is 30.6 Å². The van der Waals surface area contributed by atoms with E-state index in [1.165, 1.54) is 6.33 Å². The molecule has 4 rings (SSSR count). The summed E-state index contributed by atoms with van der Waals surface area (Å²) in [7, 11) is 0. The van der Waals surface area contributed by atoms with Crippen LogP contribution in [0, 0.1) is 0 Å². The quantitative estimate of drug-likeness (QED) is 0.800. The topological polar surface area (TPSA) is 96.9 Å². The van der Waals surface area contributed by atoms with Gasteiger partial charge in [0.15, 0.2) is 11.5 Å². The number of amides is 2. The Morgan fingerprint density at radius 2 is 1.81 bits per heavy atom. The molecular formula is C18H19N5O4. The summed E-state index contributed by atoms with van der Waals surface area (Å²) in [6.45, 7) is 3.10. The van der Waals surface area contributed by atoms with E-state index in [1.54, 1.807) is 15.9 Å². The Morgan fingerprint density at radius 3 is 2.59 bits per heavy atom. The molecule has 0 radical (unpaired) electrons. The highest BCUT2D eigenvalue weighted by Gasteiger charge is 2.22. The average molecular weight is 369 g/mol. The smallest absolute Gasteiger partial charge is 0.272 e. The minimum Gasteiger partial charge on any atom is -0.486 e. The lowest BCUT2D eigenvalue weighted by Crippen LogP contribution is -2.48. The number of piperazine rings is 1. The summed E-state index contributed by atoms with van der Waals surface area (Å²) >= 11 is 0. The molecule has 0 unspecified atom stereocenters. The molecule has 27 heavy (non-hydrogen) atoms. The van der Waals surface area contributed by atoms with Crippen molar-refractivity contribution in [1.29, 1.82) is 0 Å². The Morgan fingerprint density at radius 1 is 1.04 bits per heavy atom. The van der Waals surface area contributed by atoms with Crippen molar-refractivity contribution in [3.05, 3.63) is 36.3 Å². The summed E-state index contributed by atoms with van der Waals surface area (Å²) in [4.78, 5) is 35.1. The number of nitrogens with one attached hydrogen (secondary N) is 1. The SMILES string of the molecule is O=CN1CCN(C(=O)c2cc(Nc3ccc4c(c3)OCCO4)ncn2)CC1. The van der Waals surface area contributed by atoms with Gasteiger partial charge in [0.2, 0.25) is 6.41 Å². The first-order valence-corrected chi connectivity index (χ1v) is 8.70. The van der Waals surface area contributed by atoms with Crippen LogP contribution in [0.1, 0.15) is 10.5 Å². The summed E-state index contributed by atoms with van der Waals surface area (Å²) in [6, 6.07) is 7.13. The molecule has 0 aliphatic carbocycles. The molecule has 140 valence electrons. The third kappa shape index (κ3) is 3.76. The van der Waals surface area contributed by atoms with E-state index in [1.807, 2.05) is 18.2 Å².